The quantitative estimate of drug-likeness (QED) is 0.343. The third-order valence-corrected chi connectivity index (χ3v) is 7.34. The van der Waals surface area contributed by atoms with E-state index in [9.17, 15) is 9.59 Å². The van der Waals surface area contributed by atoms with Crippen LogP contribution in [-0.2, 0) is 19.1 Å². The maximum atomic E-state index is 13.7. The van der Waals surface area contributed by atoms with E-state index < -0.39 is 11.9 Å². The van der Waals surface area contributed by atoms with Gasteiger partial charge in [-0.3, -0.25) is 4.79 Å². The molecule has 0 spiro atoms. The minimum Gasteiger partial charge on any atom is -0.460 e. The van der Waals surface area contributed by atoms with E-state index in [4.69, 9.17) is 9.47 Å². The van der Waals surface area contributed by atoms with Crippen LogP contribution in [0, 0.1) is 0 Å². The second-order valence-electron chi connectivity index (χ2n) is 9.52. The lowest BCUT2D eigenvalue weighted by Gasteiger charge is -2.37. The Morgan fingerprint density at radius 3 is 2.30 bits per heavy atom. The first-order valence-corrected chi connectivity index (χ1v) is 13.4. The molecule has 1 heterocycles. The summed E-state index contributed by atoms with van der Waals surface area (Å²) in [6.07, 6.45) is 1.15. The summed E-state index contributed by atoms with van der Waals surface area (Å²) in [5.41, 5.74) is 6.03. The van der Waals surface area contributed by atoms with Gasteiger partial charge in [-0.25, -0.2) is 4.79 Å². The molecule has 0 aromatic heterocycles. The van der Waals surface area contributed by atoms with Gasteiger partial charge in [-0.05, 0) is 63.3 Å². The Hall–Kier alpha value is -3.38. The molecular formula is C31H38N2O4. The number of carbonyl (C=O) groups is 2. The van der Waals surface area contributed by atoms with Gasteiger partial charge in [0.05, 0.1) is 12.2 Å². The number of allylic oxidation sites excluding steroid dienone is 3. The van der Waals surface area contributed by atoms with E-state index in [1.54, 1.807) is 0 Å². The number of rotatable bonds is 10. The van der Waals surface area contributed by atoms with Gasteiger partial charge >= 0.3 is 5.97 Å². The summed E-state index contributed by atoms with van der Waals surface area (Å²) in [5, 5.41) is 3.43. The Morgan fingerprint density at radius 1 is 0.946 bits per heavy atom. The van der Waals surface area contributed by atoms with Gasteiger partial charge in [0.1, 0.15) is 6.61 Å². The Balaban J connectivity index is 1.72. The zero-order valence-corrected chi connectivity index (χ0v) is 22.4. The summed E-state index contributed by atoms with van der Waals surface area (Å²) in [4.78, 5) is 29.4. The molecule has 4 rings (SSSR count). The molecule has 0 amide bonds. The lowest BCUT2D eigenvalue weighted by molar-refractivity contribution is -0.140. The van der Waals surface area contributed by atoms with Crippen LogP contribution >= 0.6 is 0 Å². The second kappa shape index (κ2) is 12.2. The van der Waals surface area contributed by atoms with Gasteiger partial charge in [0.25, 0.3) is 0 Å². The monoisotopic (exact) mass is 502 g/mol. The number of carbonyl (C=O) groups excluding carboxylic acids is 2. The lowest BCUT2D eigenvalue weighted by atomic mass is 9.71. The molecule has 196 valence electrons. The van der Waals surface area contributed by atoms with Crippen molar-refractivity contribution >= 4 is 17.4 Å². The van der Waals surface area contributed by atoms with Crippen LogP contribution in [-0.4, -0.2) is 44.7 Å². The molecule has 2 atom stereocenters. The highest BCUT2D eigenvalue weighted by Crippen LogP contribution is 2.45. The molecule has 2 aliphatic rings. The number of nitrogens with one attached hydrogen (secondary N) is 1. The van der Waals surface area contributed by atoms with Crippen molar-refractivity contribution in [3.63, 3.8) is 0 Å². The van der Waals surface area contributed by atoms with Crippen molar-refractivity contribution in [3.05, 3.63) is 88.3 Å². The Kier molecular flexibility index (Phi) is 8.82. The molecule has 0 fully saturated rings. The fourth-order valence-electron chi connectivity index (χ4n) is 5.49. The van der Waals surface area contributed by atoms with Crippen molar-refractivity contribution in [2.24, 2.45) is 0 Å². The average molecular weight is 503 g/mol. The van der Waals surface area contributed by atoms with Crippen LogP contribution in [0.15, 0.2) is 77.1 Å². The highest BCUT2D eigenvalue weighted by molar-refractivity contribution is 6.04. The predicted molar refractivity (Wildman–Crippen MR) is 146 cm³/mol. The fraction of sp³-hybridized carbons (Fsp3) is 0.419. The summed E-state index contributed by atoms with van der Waals surface area (Å²) in [5.74, 6) is -0.691. The van der Waals surface area contributed by atoms with Crippen molar-refractivity contribution in [1.29, 1.82) is 0 Å². The minimum absolute atomic E-state index is 0.0764. The van der Waals surface area contributed by atoms with E-state index in [0.717, 1.165) is 47.7 Å². The number of Topliss-reactive ketones (excluding diaryl/α,β-unsaturated/α-hetero) is 1. The number of benzene rings is 2. The number of anilines is 1. The van der Waals surface area contributed by atoms with Crippen LogP contribution in [0.1, 0.15) is 63.5 Å². The van der Waals surface area contributed by atoms with E-state index in [0.29, 0.717) is 30.8 Å². The molecule has 2 unspecified atom stereocenters. The van der Waals surface area contributed by atoms with Crippen LogP contribution < -0.4 is 10.2 Å². The van der Waals surface area contributed by atoms with Gasteiger partial charge in [0, 0.05) is 54.7 Å². The van der Waals surface area contributed by atoms with Crippen molar-refractivity contribution in [1.82, 2.24) is 5.32 Å². The van der Waals surface area contributed by atoms with Gasteiger partial charge in [0.2, 0.25) is 0 Å². The fourth-order valence-corrected chi connectivity index (χ4v) is 5.49. The number of nitrogens with zero attached hydrogens (tertiary/aromatic N) is 1. The zero-order chi connectivity index (χ0) is 26.4. The van der Waals surface area contributed by atoms with Gasteiger partial charge in [-0.2, -0.15) is 0 Å². The smallest absolute Gasteiger partial charge is 0.336 e. The van der Waals surface area contributed by atoms with E-state index in [1.807, 2.05) is 44.2 Å². The summed E-state index contributed by atoms with van der Waals surface area (Å²) in [6, 6.07) is 18.4. The first kappa shape index (κ1) is 26.7. The van der Waals surface area contributed by atoms with E-state index in [1.165, 1.54) is 0 Å². The number of hydrogen-bond acceptors (Lipinski definition) is 6. The van der Waals surface area contributed by atoms with Crippen LogP contribution in [0.2, 0.25) is 0 Å². The summed E-state index contributed by atoms with van der Waals surface area (Å²) >= 11 is 0. The largest absolute Gasteiger partial charge is 0.460 e. The van der Waals surface area contributed by atoms with Crippen LogP contribution in [0.25, 0.3) is 0 Å². The molecule has 1 aliphatic carbocycles. The predicted octanol–water partition coefficient (Wildman–Crippen LogP) is 5.47. The maximum Gasteiger partial charge on any atom is 0.336 e. The summed E-state index contributed by atoms with van der Waals surface area (Å²) in [6.45, 7) is 11.0. The third kappa shape index (κ3) is 5.80. The summed E-state index contributed by atoms with van der Waals surface area (Å²) in [7, 11) is 0. The molecule has 6 nitrogen and oxygen atoms in total. The van der Waals surface area contributed by atoms with Gasteiger partial charge < -0.3 is 19.7 Å². The normalized spacial score (nSPS) is 19.4. The highest BCUT2D eigenvalue weighted by atomic mass is 16.6. The van der Waals surface area contributed by atoms with Crippen LogP contribution in [0.4, 0.5) is 5.69 Å². The highest BCUT2D eigenvalue weighted by Gasteiger charge is 2.41. The zero-order valence-electron chi connectivity index (χ0n) is 22.4. The van der Waals surface area contributed by atoms with E-state index >= 15 is 0 Å². The number of hydrogen-bond donors (Lipinski definition) is 1. The molecule has 1 aliphatic heterocycles. The Labute approximate surface area is 220 Å². The number of dihydropyridines is 1. The first-order chi connectivity index (χ1) is 18.0. The van der Waals surface area contributed by atoms with Crippen LogP contribution in [0.3, 0.4) is 0 Å². The molecule has 0 saturated heterocycles. The lowest BCUT2D eigenvalue weighted by Crippen LogP contribution is -2.36. The van der Waals surface area contributed by atoms with Crippen molar-refractivity contribution in [2.75, 3.05) is 37.8 Å². The van der Waals surface area contributed by atoms with Crippen molar-refractivity contribution in [3.8, 4) is 0 Å². The topological polar surface area (TPSA) is 67.9 Å². The standard InChI is InChI=1S/C31H38N2O4/c1-5-33(6-2)25-15-13-23(14-16-25)29-28(31(35)37-18-17-36-7-3)21(4)32-26-19-24(20-27(34)30(26)29)22-11-9-8-10-12-22/h8-16,24,29,32H,5-7,17-20H2,1-4H3. The molecule has 0 radical (unpaired) electrons. The molecule has 0 bridgehead atoms. The Morgan fingerprint density at radius 2 is 1.65 bits per heavy atom. The number of ketones is 1. The van der Waals surface area contributed by atoms with Gasteiger partial charge in [-0.15, -0.1) is 0 Å². The van der Waals surface area contributed by atoms with Gasteiger partial charge in [-0.1, -0.05) is 42.5 Å². The molecule has 37 heavy (non-hydrogen) atoms. The summed E-state index contributed by atoms with van der Waals surface area (Å²) < 4.78 is 11.0. The van der Waals surface area contributed by atoms with E-state index in [-0.39, 0.29) is 18.3 Å². The Bertz CT molecular complexity index is 1160. The van der Waals surface area contributed by atoms with E-state index in [2.05, 4.69) is 48.3 Å². The average Bonchev–Trinajstić information content (AvgIpc) is 2.91. The molecule has 6 heteroatoms. The minimum atomic E-state index is -0.467. The first-order valence-electron chi connectivity index (χ1n) is 13.4. The molecule has 0 saturated carbocycles. The van der Waals surface area contributed by atoms with Crippen molar-refractivity contribution in [2.45, 2.75) is 52.4 Å². The SMILES string of the molecule is CCOCCOC(=O)C1=C(C)NC2=C(C(=O)CC(c3ccccc3)C2)C1c1ccc(N(CC)CC)cc1. The second-order valence-corrected chi connectivity index (χ2v) is 9.52. The molecule has 2 aromatic rings. The molecule has 1 N–H and O–H groups in total. The van der Waals surface area contributed by atoms with Crippen LogP contribution in [0.5, 0.6) is 0 Å². The van der Waals surface area contributed by atoms with Gasteiger partial charge in [0.15, 0.2) is 5.78 Å². The maximum absolute atomic E-state index is 13.7. The third-order valence-electron chi connectivity index (χ3n) is 7.34. The molecule has 2 aromatic carbocycles. The number of ether oxygens (including phenoxy) is 2. The number of esters is 1. The molecular weight excluding hydrogens is 464 g/mol. The van der Waals surface area contributed by atoms with Crippen molar-refractivity contribution < 1.29 is 19.1 Å².